The molecule has 0 aromatic carbocycles. The van der Waals surface area contributed by atoms with Gasteiger partial charge >= 0.3 is 58.5 Å². The number of hydrogen-bond acceptors (Lipinski definition) is 3. The third-order valence-corrected chi connectivity index (χ3v) is 2.02. The summed E-state index contributed by atoms with van der Waals surface area (Å²) < 4.78 is 0. The van der Waals surface area contributed by atoms with Crippen LogP contribution in [0.5, 0.6) is 0 Å². The minimum atomic E-state index is -0.941. The molecule has 0 fully saturated rings. The Balaban J connectivity index is 3.32. The monoisotopic (exact) mass is 201 g/mol. The summed E-state index contributed by atoms with van der Waals surface area (Å²) in [7, 11) is 1.37. The molecule has 5 heteroatoms. The van der Waals surface area contributed by atoms with Gasteiger partial charge in [-0.05, 0) is 0 Å². The van der Waals surface area contributed by atoms with Gasteiger partial charge in [0.1, 0.15) is 0 Å². The molecule has 1 atom stereocenters. The van der Waals surface area contributed by atoms with Crippen molar-refractivity contribution in [3.05, 3.63) is 0 Å². The van der Waals surface area contributed by atoms with E-state index in [1.54, 1.807) is 0 Å². The van der Waals surface area contributed by atoms with E-state index < -0.39 is 12.0 Å². The van der Waals surface area contributed by atoms with Crippen molar-refractivity contribution in [2.45, 2.75) is 6.04 Å². The summed E-state index contributed by atoms with van der Waals surface area (Å²) in [5, 5.41) is 8.17. The Labute approximate surface area is 58.9 Å². The van der Waals surface area contributed by atoms with Crippen LogP contribution in [0.25, 0.3) is 0 Å². The SMILES string of the molecule is N[C@@H](CS[SeH])C(=O)O. The first-order valence-electron chi connectivity index (χ1n) is 1.93. The van der Waals surface area contributed by atoms with Gasteiger partial charge in [-0.25, -0.2) is 0 Å². The predicted molar refractivity (Wildman–Crippen MR) is 35.2 cm³/mol. The predicted octanol–water partition coefficient (Wildman–Crippen LogP) is -1.05. The van der Waals surface area contributed by atoms with Crippen molar-refractivity contribution in [2.75, 3.05) is 5.75 Å². The Morgan fingerprint density at radius 2 is 2.50 bits per heavy atom. The molecular weight excluding hydrogens is 193 g/mol. The molecule has 0 aliphatic heterocycles. The van der Waals surface area contributed by atoms with Crippen molar-refractivity contribution in [1.29, 1.82) is 0 Å². The number of aliphatic carboxylic acids is 1. The van der Waals surface area contributed by atoms with Crippen LogP contribution in [0.1, 0.15) is 0 Å². The van der Waals surface area contributed by atoms with Crippen LogP contribution >= 0.6 is 10.2 Å². The first kappa shape index (κ1) is 8.30. The second-order valence-electron chi connectivity index (χ2n) is 1.24. The maximum absolute atomic E-state index is 9.94. The van der Waals surface area contributed by atoms with E-state index in [1.807, 2.05) is 0 Å². The quantitative estimate of drug-likeness (QED) is 0.570. The van der Waals surface area contributed by atoms with Gasteiger partial charge in [-0.1, -0.05) is 0 Å². The second kappa shape index (κ2) is 4.21. The Hall–Kier alpha value is 0.299. The number of carboxylic acid groups (broad SMARTS) is 1. The molecule has 0 saturated carbocycles. The van der Waals surface area contributed by atoms with Crippen LogP contribution in [0.15, 0.2) is 0 Å². The molecule has 0 aromatic rings. The van der Waals surface area contributed by atoms with Crippen molar-refractivity contribution in [2.24, 2.45) is 5.73 Å². The molecule has 3 N–H and O–H groups in total. The Morgan fingerprint density at radius 1 is 2.00 bits per heavy atom. The topological polar surface area (TPSA) is 63.3 Å². The summed E-state index contributed by atoms with van der Waals surface area (Å²) in [4.78, 5) is 9.94. The molecule has 0 unspecified atom stereocenters. The first-order valence-corrected chi connectivity index (χ1v) is 5.17. The molecule has 0 radical (unpaired) electrons. The van der Waals surface area contributed by atoms with E-state index in [2.05, 4.69) is 14.9 Å². The fourth-order valence-electron chi connectivity index (χ4n) is 0.152. The molecule has 0 bridgehead atoms. The summed E-state index contributed by atoms with van der Waals surface area (Å²) >= 11 is 2.21. The zero-order valence-corrected chi connectivity index (χ0v) is 6.77. The molecule has 0 heterocycles. The molecule has 0 aromatic heterocycles. The zero-order chi connectivity index (χ0) is 6.57. The van der Waals surface area contributed by atoms with Crippen molar-refractivity contribution in [3.63, 3.8) is 0 Å². The van der Waals surface area contributed by atoms with Gasteiger partial charge in [-0.2, -0.15) is 0 Å². The first-order chi connectivity index (χ1) is 3.68. The molecule has 0 rings (SSSR count). The Bertz CT molecular complexity index is 89.4. The van der Waals surface area contributed by atoms with Gasteiger partial charge in [0.25, 0.3) is 0 Å². The van der Waals surface area contributed by atoms with E-state index in [0.717, 1.165) is 0 Å². The molecule has 0 aliphatic rings. The molecule has 0 saturated heterocycles. The number of carbonyl (C=O) groups is 1. The van der Waals surface area contributed by atoms with Crippen LogP contribution in [-0.2, 0) is 4.79 Å². The van der Waals surface area contributed by atoms with Crippen LogP contribution in [0.4, 0.5) is 0 Å². The number of rotatable bonds is 3. The van der Waals surface area contributed by atoms with E-state index in [4.69, 9.17) is 10.8 Å². The van der Waals surface area contributed by atoms with Crippen LogP contribution in [0, 0.1) is 0 Å². The van der Waals surface area contributed by atoms with E-state index in [1.165, 1.54) is 10.2 Å². The fourth-order valence-corrected chi connectivity index (χ4v) is 1.47. The van der Waals surface area contributed by atoms with Gasteiger partial charge in [0.15, 0.2) is 0 Å². The maximum atomic E-state index is 9.94. The third-order valence-electron chi connectivity index (χ3n) is 0.571. The van der Waals surface area contributed by atoms with Crippen LogP contribution < -0.4 is 5.73 Å². The van der Waals surface area contributed by atoms with E-state index in [-0.39, 0.29) is 0 Å². The summed E-state index contributed by atoms with van der Waals surface area (Å²) in [6, 6.07) is -0.719. The molecule has 48 valence electrons. The molecule has 3 nitrogen and oxygen atoms in total. The third kappa shape index (κ3) is 3.32. The summed E-state index contributed by atoms with van der Waals surface area (Å²) in [6.45, 7) is 0. The van der Waals surface area contributed by atoms with Crippen molar-refractivity contribution < 1.29 is 9.90 Å². The van der Waals surface area contributed by atoms with Gasteiger partial charge in [-0.15, -0.1) is 0 Å². The summed E-state index contributed by atoms with van der Waals surface area (Å²) in [5.74, 6) is -0.487. The Morgan fingerprint density at radius 3 is 2.62 bits per heavy atom. The molecule has 0 aliphatic carbocycles. The minimum absolute atomic E-state index is 0.454. The van der Waals surface area contributed by atoms with Crippen LogP contribution in [0.3, 0.4) is 0 Å². The number of nitrogens with two attached hydrogens (primary N) is 1. The standard InChI is InChI=1S/C3H7NO2SSe/c4-2(1-7-8)3(5)6/h2,8H,1,4H2,(H,5,6)/t2-/m0/s1. The molecule has 0 amide bonds. The van der Waals surface area contributed by atoms with Crippen LogP contribution in [-0.4, -0.2) is 37.8 Å². The van der Waals surface area contributed by atoms with E-state index in [9.17, 15) is 4.79 Å². The number of carboxylic acids is 1. The number of hydrogen-bond donors (Lipinski definition) is 2. The van der Waals surface area contributed by atoms with Crippen molar-refractivity contribution in [1.82, 2.24) is 0 Å². The fraction of sp³-hybridized carbons (Fsp3) is 0.667. The normalized spacial score (nSPS) is 13.2. The molecular formula is C3H7NO2SSe. The van der Waals surface area contributed by atoms with Crippen LogP contribution in [0.2, 0.25) is 0 Å². The second-order valence-corrected chi connectivity index (χ2v) is 3.46. The van der Waals surface area contributed by atoms with Gasteiger partial charge in [-0.3, -0.25) is 0 Å². The summed E-state index contributed by atoms with van der Waals surface area (Å²) in [5.41, 5.74) is 5.10. The average molecular weight is 200 g/mol. The van der Waals surface area contributed by atoms with Crippen molar-refractivity contribution >= 4 is 31.0 Å². The van der Waals surface area contributed by atoms with Crippen molar-refractivity contribution in [3.8, 4) is 0 Å². The van der Waals surface area contributed by atoms with E-state index in [0.29, 0.717) is 5.75 Å². The zero-order valence-electron chi connectivity index (χ0n) is 4.07. The van der Waals surface area contributed by atoms with Gasteiger partial charge in [0.2, 0.25) is 0 Å². The Kier molecular flexibility index (Phi) is 4.36. The summed E-state index contributed by atoms with van der Waals surface area (Å²) in [6.07, 6.45) is 0. The average Bonchev–Trinajstić information content (AvgIpc) is 1.67. The van der Waals surface area contributed by atoms with Gasteiger partial charge in [0.05, 0.1) is 0 Å². The van der Waals surface area contributed by atoms with E-state index >= 15 is 0 Å². The van der Waals surface area contributed by atoms with Gasteiger partial charge < -0.3 is 0 Å². The molecule has 8 heavy (non-hydrogen) atoms. The van der Waals surface area contributed by atoms with Gasteiger partial charge in [0, 0.05) is 0 Å². The molecule has 0 spiro atoms.